The van der Waals surface area contributed by atoms with Crippen LogP contribution in [-0.2, 0) is 15.0 Å². The van der Waals surface area contributed by atoms with Crippen molar-refractivity contribution in [1.82, 2.24) is 0 Å². The van der Waals surface area contributed by atoms with Gasteiger partial charge in [-0.15, -0.1) is 0 Å². The molecule has 0 saturated carbocycles. The van der Waals surface area contributed by atoms with E-state index in [9.17, 15) is 19.7 Å². The Morgan fingerprint density at radius 2 is 1.87 bits per heavy atom. The molecule has 31 heavy (non-hydrogen) atoms. The van der Waals surface area contributed by atoms with Gasteiger partial charge in [0, 0.05) is 30.5 Å². The minimum Gasteiger partial charge on any atom is -0.370 e. The summed E-state index contributed by atoms with van der Waals surface area (Å²) in [7, 11) is 0. The van der Waals surface area contributed by atoms with E-state index in [1.54, 1.807) is 11.0 Å². The second-order valence-corrected chi connectivity index (χ2v) is 8.61. The third kappa shape index (κ3) is 4.31. The topological polar surface area (TPSA) is 107 Å². The third-order valence-corrected chi connectivity index (χ3v) is 6.05. The molecule has 0 saturated heterocycles. The molecule has 1 heterocycles. The first-order valence-electron chi connectivity index (χ1n) is 10.7. The van der Waals surface area contributed by atoms with Crippen molar-refractivity contribution in [2.24, 2.45) is 5.73 Å². The fraction of sp³-hybridized carbons (Fsp3) is 0.417. The number of benzene rings is 2. The zero-order chi connectivity index (χ0) is 22.8. The van der Waals surface area contributed by atoms with Gasteiger partial charge in [-0.2, -0.15) is 0 Å². The molecule has 2 N–H and O–H groups in total. The molecular weight excluding hydrogens is 394 g/mol. The van der Waals surface area contributed by atoms with E-state index in [4.69, 9.17) is 5.73 Å². The molecule has 2 aromatic carbocycles. The van der Waals surface area contributed by atoms with Crippen molar-refractivity contribution < 1.29 is 14.5 Å². The highest BCUT2D eigenvalue weighted by Gasteiger charge is 2.45. The number of nitro benzene ring substituents is 1. The summed E-state index contributed by atoms with van der Waals surface area (Å²) in [6, 6.07) is 12.4. The van der Waals surface area contributed by atoms with E-state index >= 15 is 0 Å². The maximum atomic E-state index is 13.2. The van der Waals surface area contributed by atoms with Gasteiger partial charge in [0.2, 0.25) is 11.8 Å². The van der Waals surface area contributed by atoms with Gasteiger partial charge in [0.15, 0.2) is 0 Å². The average molecular weight is 424 g/mol. The Morgan fingerprint density at radius 1 is 1.19 bits per heavy atom. The van der Waals surface area contributed by atoms with Crippen molar-refractivity contribution in [3.63, 3.8) is 0 Å². The van der Waals surface area contributed by atoms with Crippen molar-refractivity contribution in [3.8, 4) is 0 Å². The van der Waals surface area contributed by atoms with Crippen molar-refractivity contribution in [2.45, 2.75) is 57.8 Å². The lowest BCUT2D eigenvalue weighted by atomic mass is 9.81. The molecule has 2 amide bonds. The van der Waals surface area contributed by atoms with Gasteiger partial charge in [0.25, 0.3) is 5.69 Å². The summed E-state index contributed by atoms with van der Waals surface area (Å²) in [5, 5.41) is 12.0. The molecule has 0 spiro atoms. The molecule has 3 rings (SSSR count). The molecule has 1 unspecified atom stereocenters. The largest absolute Gasteiger partial charge is 0.370 e. The van der Waals surface area contributed by atoms with E-state index in [1.807, 2.05) is 44.2 Å². The monoisotopic (exact) mass is 423 g/mol. The average Bonchev–Trinajstić information content (AvgIpc) is 2.92. The van der Waals surface area contributed by atoms with Crippen LogP contribution in [0.1, 0.15) is 69.1 Å². The Hall–Kier alpha value is -3.22. The number of anilines is 1. The lowest BCUT2D eigenvalue weighted by molar-refractivity contribution is -0.385. The van der Waals surface area contributed by atoms with Crippen LogP contribution in [0.25, 0.3) is 0 Å². The summed E-state index contributed by atoms with van der Waals surface area (Å²) in [5.41, 5.74) is 7.12. The summed E-state index contributed by atoms with van der Waals surface area (Å²) < 4.78 is 0. The predicted octanol–water partition coefficient (Wildman–Crippen LogP) is 4.42. The zero-order valence-corrected chi connectivity index (χ0v) is 18.3. The van der Waals surface area contributed by atoms with Crippen LogP contribution in [0, 0.1) is 10.1 Å². The molecule has 1 atom stereocenters. The van der Waals surface area contributed by atoms with Gasteiger partial charge in [-0.05, 0) is 37.5 Å². The van der Waals surface area contributed by atoms with Gasteiger partial charge in [0.1, 0.15) is 0 Å². The van der Waals surface area contributed by atoms with Crippen LogP contribution in [0.3, 0.4) is 0 Å². The zero-order valence-electron chi connectivity index (χ0n) is 18.3. The number of rotatable bonds is 9. The minimum absolute atomic E-state index is 0.0573. The Morgan fingerprint density at radius 3 is 2.45 bits per heavy atom. The number of carbonyl (C=O) groups is 2. The summed E-state index contributed by atoms with van der Waals surface area (Å²) in [4.78, 5) is 38.3. The first-order valence-corrected chi connectivity index (χ1v) is 10.7. The van der Waals surface area contributed by atoms with Crippen LogP contribution in [-0.4, -0.2) is 23.3 Å². The van der Waals surface area contributed by atoms with Gasteiger partial charge in [-0.3, -0.25) is 19.7 Å². The van der Waals surface area contributed by atoms with Crippen molar-refractivity contribution in [2.75, 3.05) is 11.4 Å². The third-order valence-electron chi connectivity index (χ3n) is 6.05. The number of nitro groups is 1. The van der Waals surface area contributed by atoms with E-state index < -0.39 is 22.2 Å². The van der Waals surface area contributed by atoms with E-state index in [0.717, 1.165) is 30.4 Å². The van der Waals surface area contributed by atoms with Gasteiger partial charge < -0.3 is 10.6 Å². The number of hydrogen-bond acceptors (Lipinski definition) is 4. The van der Waals surface area contributed by atoms with E-state index in [2.05, 4.69) is 6.92 Å². The fourth-order valence-corrected chi connectivity index (χ4v) is 4.35. The highest BCUT2D eigenvalue weighted by molar-refractivity contribution is 6.08. The van der Waals surface area contributed by atoms with E-state index in [-0.39, 0.29) is 18.0 Å². The maximum Gasteiger partial charge on any atom is 0.275 e. The normalized spacial score (nSPS) is 15.6. The number of fused-ring (bicyclic) bond motifs is 1. The maximum absolute atomic E-state index is 13.2. The standard InChI is InChI=1S/C24H29N3O4/c1-4-5-9-12-26-21-15-20(27(30)31)18(13-19(21)24(2,3)23(26)29)17(14-22(25)28)16-10-7-6-8-11-16/h6-8,10-11,13,15,17H,4-5,9,12,14H2,1-3H3,(H2,25,28). The number of carbonyl (C=O) groups excluding carboxylic acids is 2. The van der Waals surface area contributed by atoms with Crippen molar-refractivity contribution >= 4 is 23.2 Å². The second kappa shape index (κ2) is 8.88. The SMILES string of the molecule is CCCCCN1C(=O)C(C)(C)c2cc(C(CC(N)=O)c3ccccc3)c([N+](=O)[O-])cc21. The molecule has 164 valence electrons. The molecule has 0 aliphatic carbocycles. The van der Waals surface area contributed by atoms with Gasteiger partial charge in [-0.25, -0.2) is 0 Å². The minimum atomic E-state index is -0.806. The quantitative estimate of drug-likeness (QED) is 0.366. The Balaban J connectivity index is 2.19. The lowest BCUT2D eigenvalue weighted by Crippen LogP contribution is -2.36. The Kier molecular flexibility index (Phi) is 6.43. The molecule has 7 nitrogen and oxygen atoms in total. The first kappa shape index (κ1) is 22.5. The molecule has 1 aliphatic rings. The molecular formula is C24H29N3O4. The number of nitrogens with two attached hydrogens (primary N) is 1. The van der Waals surface area contributed by atoms with Gasteiger partial charge in [-0.1, -0.05) is 50.1 Å². The van der Waals surface area contributed by atoms with Crippen LogP contribution in [0.15, 0.2) is 42.5 Å². The first-order chi connectivity index (χ1) is 14.7. The van der Waals surface area contributed by atoms with Crippen LogP contribution < -0.4 is 10.6 Å². The van der Waals surface area contributed by atoms with Crippen LogP contribution >= 0.6 is 0 Å². The van der Waals surface area contributed by atoms with Crippen LogP contribution in [0.4, 0.5) is 11.4 Å². The summed E-state index contributed by atoms with van der Waals surface area (Å²) in [6.07, 6.45) is 2.78. The summed E-state index contributed by atoms with van der Waals surface area (Å²) >= 11 is 0. The molecule has 0 radical (unpaired) electrons. The molecule has 1 aliphatic heterocycles. The van der Waals surface area contributed by atoms with Gasteiger partial charge >= 0.3 is 0 Å². The second-order valence-electron chi connectivity index (χ2n) is 8.61. The molecule has 2 aromatic rings. The van der Waals surface area contributed by atoms with E-state index in [0.29, 0.717) is 17.8 Å². The molecule has 0 aromatic heterocycles. The smallest absolute Gasteiger partial charge is 0.275 e. The number of nitrogens with zero attached hydrogens (tertiary/aromatic N) is 2. The lowest BCUT2D eigenvalue weighted by Gasteiger charge is -2.20. The predicted molar refractivity (Wildman–Crippen MR) is 120 cm³/mol. The number of hydrogen-bond donors (Lipinski definition) is 1. The van der Waals surface area contributed by atoms with Gasteiger partial charge in [0.05, 0.1) is 16.0 Å². The Labute approximate surface area is 182 Å². The molecule has 0 bridgehead atoms. The van der Waals surface area contributed by atoms with Crippen LogP contribution in [0.5, 0.6) is 0 Å². The molecule has 7 heteroatoms. The Bertz CT molecular complexity index is 1000. The highest BCUT2D eigenvalue weighted by Crippen LogP contribution is 2.47. The van der Waals surface area contributed by atoms with E-state index in [1.165, 1.54) is 6.07 Å². The number of unbranched alkanes of at least 4 members (excludes halogenated alkanes) is 2. The number of amides is 2. The van der Waals surface area contributed by atoms with Crippen molar-refractivity contribution in [1.29, 1.82) is 0 Å². The van der Waals surface area contributed by atoms with Crippen molar-refractivity contribution in [3.05, 3.63) is 69.3 Å². The highest BCUT2D eigenvalue weighted by atomic mass is 16.6. The van der Waals surface area contributed by atoms with Crippen LogP contribution in [0.2, 0.25) is 0 Å². The summed E-state index contributed by atoms with van der Waals surface area (Å²) in [6.45, 7) is 6.30. The fourth-order valence-electron chi connectivity index (χ4n) is 4.35. The number of primary amides is 1. The summed E-state index contributed by atoms with van der Waals surface area (Å²) in [5.74, 6) is -1.17. The molecule has 0 fully saturated rings.